The summed E-state index contributed by atoms with van der Waals surface area (Å²) in [6.45, 7) is 0. The number of anilines is 3. The summed E-state index contributed by atoms with van der Waals surface area (Å²) in [4.78, 5) is 2.38. The molecule has 0 unspecified atom stereocenters. The van der Waals surface area contributed by atoms with E-state index in [1.54, 1.807) is 0 Å². The fourth-order valence-electron chi connectivity index (χ4n) is 7.87. The van der Waals surface area contributed by atoms with Crippen molar-refractivity contribution in [1.82, 2.24) is 0 Å². The maximum atomic E-state index is 6.74. The molecule has 0 radical (unpaired) electrons. The van der Waals surface area contributed by atoms with E-state index in [1.165, 1.54) is 27.8 Å². The van der Waals surface area contributed by atoms with Gasteiger partial charge in [-0.2, -0.15) is 0 Å². The zero-order valence-electron chi connectivity index (χ0n) is 30.7. The normalized spacial score (nSPS) is 11.2. The number of hydrogen-bond acceptors (Lipinski definition) is 2. The highest BCUT2D eigenvalue weighted by Gasteiger charge is 2.20. The van der Waals surface area contributed by atoms with Gasteiger partial charge in [-0.3, -0.25) is 0 Å². The van der Waals surface area contributed by atoms with Crippen LogP contribution in [0.4, 0.5) is 17.1 Å². The van der Waals surface area contributed by atoms with Crippen molar-refractivity contribution in [3.63, 3.8) is 0 Å². The van der Waals surface area contributed by atoms with E-state index in [1.807, 2.05) is 6.07 Å². The van der Waals surface area contributed by atoms with Crippen LogP contribution in [-0.4, -0.2) is 0 Å². The molecule has 0 aliphatic rings. The third-order valence-electron chi connectivity index (χ3n) is 10.7. The van der Waals surface area contributed by atoms with Crippen molar-refractivity contribution in [3.8, 4) is 55.6 Å². The first-order valence-corrected chi connectivity index (χ1v) is 19.1. The molecule has 0 N–H and O–H groups in total. The Morgan fingerprint density at radius 3 is 1.39 bits per heavy atom. The van der Waals surface area contributed by atoms with E-state index in [4.69, 9.17) is 4.42 Å². The molecule has 10 aromatic rings. The SMILES string of the molecule is c1ccc(-c2ccc(-c3ccc(N(c4ccccc4)c4cc(-c5ccccc5)ccc4-c4ccc5c(c4)oc4c(-c6ccccc6)cccc45)cc3)cc2)cc1. The fourth-order valence-corrected chi connectivity index (χ4v) is 7.87. The van der Waals surface area contributed by atoms with Crippen molar-refractivity contribution in [2.45, 2.75) is 0 Å². The molecule has 1 heterocycles. The van der Waals surface area contributed by atoms with Gasteiger partial charge in [0.2, 0.25) is 0 Å². The Morgan fingerprint density at radius 2 is 0.768 bits per heavy atom. The highest BCUT2D eigenvalue weighted by Crippen LogP contribution is 2.45. The van der Waals surface area contributed by atoms with Gasteiger partial charge < -0.3 is 9.32 Å². The number of fused-ring (bicyclic) bond motifs is 3. The highest BCUT2D eigenvalue weighted by atomic mass is 16.3. The van der Waals surface area contributed by atoms with Gasteiger partial charge >= 0.3 is 0 Å². The minimum atomic E-state index is 0.868. The van der Waals surface area contributed by atoms with Crippen molar-refractivity contribution >= 4 is 39.0 Å². The Balaban J connectivity index is 1.10. The average Bonchev–Trinajstić information content (AvgIpc) is 3.66. The first-order valence-electron chi connectivity index (χ1n) is 19.1. The van der Waals surface area contributed by atoms with Crippen molar-refractivity contribution in [1.29, 1.82) is 0 Å². The van der Waals surface area contributed by atoms with E-state index in [2.05, 4.69) is 223 Å². The van der Waals surface area contributed by atoms with Crippen LogP contribution in [0.25, 0.3) is 77.6 Å². The molecule has 2 heteroatoms. The van der Waals surface area contributed by atoms with Crippen LogP contribution in [0.15, 0.2) is 229 Å². The van der Waals surface area contributed by atoms with Gasteiger partial charge in [-0.1, -0.05) is 182 Å². The van der Waals surface area contributed by atoms with Crippen LogP contribution in [0.3, 0.4) is 0 Å². The Kier molecular flexibility index (Phi) is 8.55. The summed E-state index contributed by atoms with van der Waals surface area (Å²) in [6, 6.07) is 79.9. The highest BCUT2D eigenvalue weighted by molar-refractivity contribution is 6.10. The number of benzene rings is 9. The zero-order valence-corrected chi connectivity index (χ0v) is 30.7. The third-order valence-corrected chi connectivity index (χ3v) is 10.7. The van der Waals surface area contributed by atoms with Gasteiger partial charge in [-0.15, -0.1) is 0 Å². The van der Waals surface area contributed by atoms with Crippen LogP contribution in [0.5, 0.6) is 0 Å². The molecule has 264 valence electrons. The lowest BCUT2D eigenvalue weighted by molar-refractivity contribution is 0.670. The molecule has 0 saturated heterocycles. The van der Waals surface area contributed by atoms with Crippen LogP contribution >= 0.6 is 0 Å². The van der Waals surface area contributed by atoms with E-state index in [0.717, 1.165) is 66.8 Å². The summed E-state index contributed by atoms with van der Waals surface area (Å²) < 4.78 is 6.74. The predicted molar refractivity (Wildman–Crippen MR) is 236 cm³/mol. The Hall–Kier alpha value is -7.42. The van der Waals surface area contributed by atoms with Crippen LogP contribution in [0, 0.1) is 0 Å². The minimum absolute atomic E-state index is 0.868. The smallest absolute Gasteiger partial charge is 0.143 e. The summed E-state index contributed by atoms with van der Waals surface area (Å²) in [5.41, 5.74) is 16.6. The molecule has 56 heavy (non-hydrogen) atoms. The van der Waals surface area contributed by atoms with E-state index in [0.29, 0.717) is 0 Å². The van der Waals surface area contributed by atoms with Gasteiger partial charge in [0.25, 0.3) is 0 Å². The lowest BCUT2D eigenvalue weighted by Crippen LogP contribution is -2.11. The molecule has 0 saturated carbocycles. The molecule has 0 fully saturated rings. The second-order valence-electron chi connectivity index (χ2n) is 14.1. The molecule has 9 aromatic carbocycles. The number of furan rings is 1. The molecule has 0 aliphatic carbocycles. The molecule has 0 aliphatic heterocycles. The first kappa shape index (κ1) is 33.2. The van der Waals surface area contributed by atoms with Crippen molar-refractivity contribution in [2.24, 2.45) is 0 Å². The molecule has 0 spiro atoms. The second-order valence-corrected chi connectivity index (χ2v) is 14.1. The van der Waals surface area contributed by atoms with Crippen LogP contribution in [0.1, 0.15) is 0 Å². The van der Waals surface area contributed by atoms with E-state index >= 15 is 0 Å². The Morgan fingerprint density at radius 1 is 0.286 bits per heavy atom. The van der Waals surface area contributed by atoms with Gasteiger partial charge in [0.1, 0.15) is 11.2 Å². The average molecular weight is 716 g/mol. The van der Waals surface area contributed by atoms with Gasteiger partial charge in [-0.25, -0.2) is 0 Å². The molecule has 0 atom stereocenters. The Labute approximate surface area is 327 Å². The van der Waals surface area contributed by atoms with Crippen molar-refractivity contribution in [2.75, 3.05) is 4.90 Å². The van der Waals surface area contributed by atoms with Gasteiger partial charge in [-0.05, 0) is 87.0 Å². The van der Waals surface area contributed by atoms with Crippen LogP contribution in [0.2, 0.25) is 0 Å². The molecule has 10 rings (SSSR count). The summed E-state index contributed by atoms with van der Waals surface area (Å²) in [5.74, 6) is 0. The standard InChI is InChI=1S/C54H37NO/c1-5-14-38(15-6-1)40-24-26-41(27-25-40)42-28-32-47(33-29-42)55(46-20-11-4-12-21-46)52-36-44(39-16-7-2-8-17-39)30-34-48(52)45-31-35-50-51-23-13-22-49(43-18-9-3-10-19-43)54(51)56-53(50)37-45/h1-37H. The van der Waals surface area contributed by atoms with Crippen LogP contribution in [-0.2, 0) is 0 Å². The predicted octanol–water partition coefficient (Wildman–Crippen LogP) is 15.4. The number of nitrogens with zero attached hydrogens (tertiary/aromatic N) is 1. The molecular weight excluding hydrogens is 679 g/mol. The third kappa shape index (κ3) is 6.24. The second kappa shape index (κ2) is 14.4. The monoisotopic (exact) mass is 715 g/mol. The first-order chi connectivity index (χ1) is 27.8. The molecule has 2 nitrogen and oxygen atoms in total. The minimum Gasteiger partial charge on any atom is -0.455 e. The summed E-state index contributed by atoms with van der Waals surface area (Å²) >= 11 is 0. The quantitative estimate of drug-likeness (QED) is 0.156. The number of hydrogen-bond donors (Lipinski definition) is 0. The topological polar surface area (TPSA) is 16.4 Å². The van der Waals surface area contributed by atoms with E-state index in [-0.39, 0.29) is 0 Å². The summed E-state index contributed by atoms with van der Waals surface area (Å²) in [6.07, 6.45) is 0. The van der Waals surface area contributed by atoms with E-state index < -0.39 is 0 Å². The van der Waals surface area contributed by atoms with Gasteiger partial charge in [0.05, 0.1) is 5.69 Å². The molecular formula is C54H37NO. The maximum Gasteiger partial charge on any atom is 0.143 e. The molecule has 1 aromatic heterocycles. The molecule has 0 amide bonds. The van der Waals surface area contributed by atoms with Crippen LogP contribution < -0.4 is 4.90 Å². The Bertz CT molecular complexity index is 2920. The summed E-state index contributed by atoms with van der Waals surface area (Å²) in [7, 11) is 0. The lowest BCUT2D eigenvalue weighted by atomic mass is 9.95. The molecule has 0 bridgehead atoms. The van der Waals surface area contributed by atoms with E-state index in [9.17, 15) is 0 Å². The van der Waals surface area contributed by atoms with Crippen molar-refractivity contribution in [3.05, 3.63) is 224 Å². The fraction of sp³-hybridized carbons (Fsp3) is 0. The lowest BCUT2D eigenvalue weighted by Gasteiger charge is -2.28. The van der Waals surface area contributed by atoms with Gasteiger partial charge in [0, 0.05) is 33.3 Å². The largest absolute Gasteiger partial charge is 0.455 e. The maximum absolute atomic E-state index is 6.74. The summed E-state index contributed by atoms with van der Waals surface area (Å²) in [5, 5.41) is 2.23. The number of rotatable bonds is 8. The van der Waals surface area contributed by atoms with Crippen molar-refractivity contribution < 1.29 is 4.42 Å². The van der Waals surface area contributed by atoms with Gasteiger partial charge in [0.15, 0.2) is 0 Å². The number of para-hydroxylation sites is 2. The zero-order chi connectivity index (χ0) is 37.3.